The zero-order valence-corrected chi connectivity index (χ0v) is 8.02. The van der Waals surface area contributed by atoms with Crippen LogP contribution in [0.3, 0.4) is 0 Å². The van der Waals surface area contributed by atoms with E-state index < -0.39 is 0 Å². The largest absolute Gasteiger partial charge is 0.384 e. The predicted molar refractivity (Wildman–Crippen MR) is 52.2 cm³/mol. The molecular weight excluding hydrogens is 170 g/mol. The first-order chi connectivity index (χ1) is 5.83. The predicted octanol–water partition coefficient (Wildman–Crippen LogP) is 1.27. The van der Waals surface area contributed by atoms with Gasteiger partial charge in [0.25, 0.3) is 0 Å². The Balaban J connectivity index is 2.44. The van der Waals surface area contributed by atoms with Gasteiger partial charge in [0, 0.05) is 17.9 Å². The normalized spacial score (nSPS) is 16.1. The van der Waals surface area contributed by atoms with E-state index in [2.05, 4.69) is 12.0 Å². The van der Waals surface area contributed by atoms with Crippen LogP contribution in [0.1, 0.15) is 18.2 Å². The van der Waals surface area contributed by atoms with Gasteiger partial charge >= 0.3 is 0 Å². The summed E-state index contributed by atoms with van der Waals surface area (Å²) in [6.07, 6.45) is 1.09. The fraction of sp³-hybridized carbons (Fsp3) is 0.625. The Morgan fingerprint density at radius 3 is 3.17 bits per heavy atom. The molecule has 0 amide bonds. The van der Waals surface area contributed by atoms with Crippen molar-refractivity contribution in [3.8, 4) is 0 Å². The summed E-state index contributed by atoms with van der Waals surface area (Å²) in [7, 11) is 0. The molecule has 12 heavy (non-hydrogen) atoms. The van der Waals surface area contributed by atoms with E-state index in [1.807, 2.05) is 16.4 Å². The van der Waals surface area contributed by atoms with Gasteiger partial charge in [-0.1, -0.05) is 0 Å². The molecule has 0 bridgehead atoms. The lowest BCUT2D eigenvalue weighted by atomic mass is 10.2. The molecule has 0 unspecified atom stereocenters. The lowest BCUT2D eigenvalue weighted by Gasteiger charge is -2.08. The van der Waals surface area contributed by atoms with Crippen LogP contribution in [-0.2, 0) is 18.7 Å². The van der Waals surface area contributed by atoms with E-state index in [1.165, 1.54) is 17.0 Å². The second-order valence-electron chi connectivity index (χ2n) is 2.93. The molecule has 1 aromatic heterocycles. The minimum Gasteiger partial charge on any atom is -0.384 e. The molecule has 2 heterocycles. The van der Waals surface area contributed by atoms with Crippen LogP contribution in [0.2, 0.25) is 0 Å². The molecule has 1 aliphatic heterocycles. The Morgan fingerprint density at radius 1 is 1.67 bits per heavy atom. The number of nitrogens with two attached hydrogens (primary N) is 1. The van der Waals surface area contributed by atoms with Gasteiger partial charge in [0.1, 0.15) is 5.82 Å². The van der Waals surface area contributed by atoms with Gasteiger partial charge in [-0.2, -0.15) is 16.9 Å². The molecule has 0 fully saturated rings. The summed E-state index contributed by atoms with van der Waals surface area (Å²) in [6.45, 7) is 2.95. The number of aryl methyl sites for hydroxylation is 1. The molecule has 1 aliphatic rings. The zero-order chi connectivity index (χ0) is 8.55. The van der Waals surface area contributed by atoms with Gasteiger partial charge in [0.15, 0.2) is 0 Å². The van der Waals surface area contributed by atoms with E-state index in [0.717, 1.165) is 24.5 Å². The van der Waals surface area contributed by atoms with Crippen LogP contribution in [0.4, 0.5) is 5.82 Å². The summed E-state index contributed by atoms with van der Waals surface area (Å²) in [5.74, 6) is 3.10. The summed E-state index contributed by atoms with van der Waals surface area (Å²) in [4.78, 5) is 0. The maximum Gasteiger partial charge on any atom is 0.125 e. The molecule has 4 heteroatoms. The first kappa shape index (κ1) is 7.98. The quantitative estimate of drug-likeness (QED) is 0.713. The molecule has 0 aromatic carbocycles. The number of hydrogen-bond donors (Lipinski definition) is 1. The third kappa shape index (κ3) is 1.10. The summed E-state index contributed by atoms with van der Waals surface area (Å²) in [6, 6.07) is 0. The van der Waals surface area contributed by atoms with Crippen LogP contribution in [0.5, 0.6) is 0 Å². The number of aromatic nitrogens is 2. The highest BCUT2D eigenvalue weighted by Gasteiger charge is 2.17. The van der Waals surface area contributed by atoms with Crippen molar-refractivity contribution in [2.24, 2.45) is 0 Å². The SMILES string of the molecule is CCn1nc2c(c1N)CCSC2. The maximum absolute atomic E-state index is 5.93. The molecule has 0 aliphatic carbocycles. The topological polar surface area (TPSA) is 43.8 Å². The van der Waals surface area contributed by atoms with E-state index in [0.29, 0.717) is 0 Å². The minimum absolute atomic E-state index is 0.878. The first-order valence-corrected chi connectivity index (χ1v) is 5.40. The molecule has 66 valence electrons. The van der Waals surface area contributed by atoms with E-state index in [9.17, 15) is 0 Å². The van der Waals surface area contributed by atoms with Crippen LogP contribution in [-0.4, -0.2) is 15.5 Å². The first-order valence-electron chi connectivity index (χ1n) is 4.24. The summed E-state index contributed by atoms with van der Waals surface area (Å²) in [5.41, 5.74) is 8.41. The highest BCUT2D eigenvalue weighted by atomic mass is 32.2. The Hall–Kier alpha value is -0.640. The molecule has 3 nitrogen and oxygen atoms in total. The molecule has 2 rings (SSSR count). The van der Waals surface area contributed by atoms with Crippen molar-refractivity contribution >= 4 is 17.6 Å². The minimum atomic E-state index is 0.878. The van der Waals surface area contributed by atoms with Gasteiger partial charge in [0.2, 0.25) is 0 Å². The number of rotatable bonds is 1. The summed E-state index contributed by atoms with van der Waals surface area (Å²) >= 11 is 1.94. The van der Waals surface area contributed by atoms with Crippen molar-refractivity contribution in [2.45, 2.75) is 25.6 Å². The van der Waals surface area contributed by atoms with Gasteiger partial charge < -0.3 is 5.73 Å². The standard InChI is InChI=1S/C8H13N3S/c1-2-11-8(9)6-3-4-12-5-7(6)10-11/h2-5,9H2,1H3. The van der Waals surface area contributed by atoms with E-state index in [4.69, 9.17) is 5.73 Å². The number of hydrogen-bond acceptors (Lipinski definition) is 3. The fourth-order valence-corrected chi connectivity index (χ4v) is 2.45. The third-order valence-corrected chi connectivity index (χ3v) is 3.18. The van der Waals surface area contributed by atoms with E-state index >= 15 is 0 Å². The number of nitrogens with zero attached hydrogens (tertiary/aromatic N) is 2. The Labute approximate surface area is 76.3 Å². The molecule has 0 radical (unpaired) electrons. The van der Waals surface area contributed by atoms with Crippen LogP contribution in [0.15, 0.2) is 0 Å². The zero-order valence-electron chi connectivity index (χ0n) is 7.21. The molecule has 2 N–H and O–H groups in total. The molecule has 0 saturated carbocycles. The second kappa shape index (κ2) is 3.01. The molecular formula is C8H13N3S. The lowest BCUT2D eigenvalue weighted by molar-refractivity contribution is 0.662. The summed E-state index contributed by atoms with van der Waals surface area (Å²) < 4.78 is 1.90. The smallest absolute Gasteiger partial charge is 0.125 e. The average molecular weight is 183 g/mol. The van der Waals surface area contributed by atoms with Gasteiger partial charge in [0.05, 0.1) is 5.69 Å². The summed E-state index contributed by atoms with van der Waals surface area (Å²) in [5, 5.41) is 4.44. The van der Waals surface area contributed by atoms with Crippen molar-refractivity contribution in [1.29, 1.82) is 0 Å². The third-order valence-electron chi connectivity index (χ3n) is 2.21. The van der Waals surface area contributed by atoms with Crippen LogP contribution in [0.25, 0.3) is 0 Å². The van der Waals surface area contributed by atoms with E-state index in [1.54, 1.807) is 0 Å². The van der Waals surface area contributed by atoms with Gasteiger partial charge in [-0.3, -0.25) is 0 Å². The Kier molecular flexibility index (Phi) is 2.00. The van der Waals surface area contributed by atoms with Gasteiger partial charge in [-0.05, 0) is 19.1 Å². The van der Waals surface area contributed by atoms with Crippen LogP contribution >= 0.6 is 11.8 Å². The van der Waals surface area contributed by atoms with Crippen LogP contribution < -0.4 is 5.73 Å². The second-order valence-corrected chi connectivity index (χ2v) is 4.03. The Bertz CT molecular complexity index is 293. The number of thioether (sulfide) groups is 1. The van der Waals surface area contributed by atoms with Gasteiger partial charge in [-0.25, -0.2) is 4.68 Å². The van der Waals surface area contributed by atoms with Crippen molar-refractivity contribution in [3.63, 3.8) is 0 Å². The average Bonchev–Trinajstić information content (AvgIpc) is 2.44. The molecule has 0 saturated heterocycles. The van der Waals surface area contributed by atoms with Crippen LogP contribution in [0, 0.1) is 0 Å². The lowest BCUT2D eigenvalue weighted by Crippen LogP contribution is -2.04. The van der Waals surface area contributed by atoms with Gasteiger partial charge in [-0.15, -0.1) is 0 Å². The van der Waals surface area contributed by atoms with Crippen molar-refractivity contribution in [2.75, 3.05) is 11.5 Å². The number of nitrogen functional groups attached to an aromatic ring is 1. The fourth-order valence-electron chi connectivity index (χ4n) is 1.54. The van der Waals surface area contributed by atoms with Crippen molar-refractivity contribution < 1.29 is 0 Å². The number of fused-ring (bicyclic) bond motifs is 1. The molecule has 0 atom stereocenters. The molecule has 0 spiro atoms. The highest BCUT2D eigenvalue weighted by molar-refractivity contribution is 7.98. The highest BCUT2D eigenvalue weighted by Crippen LogP contribution is 2.27. The van der Waals surface area contributed by atoms with E-state index in [-0.39, 0.29) is 0 Å². The molecule has 1 aromatic rings. The Morgan fingerprint density at radius 2 is 2.50 bits per heavy atom. The van der Waals surface area contributed by atoms with Crippen molar-refractivity contribution in [3.05, 3.63) is 11.3 Å². The number of anilines is 1. The van der Waals surface area contributed by atoms with Crippen molar-refractivity contribution in [1.82, 2.24) is 9.78 Å². The monoisotopic (exact) mass is 183 g/mol. The maximum atomic E-state index is 5.93.